The molecule has 0 amide bonds. The van der Waals surface area contributed by atoms with Gasteiger partial charge in [-0.1, -0.05) is 0 Å². The normalized spacial score (nSPS) is 10.7. The minimum absolute atomic E-state index is 0.425. The first kappa shape index (κ1) is 11.5. The summed E-state index contributed by atoms with van der Waals surface area (Å²) in [5.41, 5.74) is 6.74. The smallest absolute Gasteiger partial charge is 0.133 e. The number of pyridine rings is 1. The van der Waals surface area contributed by atoms with E-state index < -0.39 is 0 Å². The number of aromatic nitrogens is 1. The maximum absolute atomic E-state index is 5.67. The topological polar surface area (TPSA) is 42.2 Å². The molecule has 0 saturated heterocycles. The largest absolute Gasteiger partial charge is 0.357 e. The Morgan fingerprint density at radius 2 is 2.21 bits per heavy atom. The van der Waals surface area contributed by atoms with E-state index in [1.807, 2.05) is 13.1 Å². The molecule has 1 rings (SSSR count). The van der Waals surface area contributed by atoms with E-state index in [-0.39, 0.29) is 0 Å². The van der Waals surface area contributed by atoms with Crippen LogP contribution in [0.3, 0.4) is 0 Å². The van der Waals surface area contributed by atoms with Crippen LogP contribution in [0.2, 0.25) is 0 Å². The average Bonchev–Trinajstić information content (AvgIpc) is 2.16. The Hall–Kier alpha value is -0.610. The minimum atomic E-state index is 0.425. The van der Waals surface area contributed by atoms with E-state index in [1.165, 1.54) is 0 Å². The van der Waals surface area contributed by atoms with Crippen LogP contribution in [0, 0.1) is 0 Å². The van der Waals surface area contributed by atoms with Crippen LogP contribution >= 0.6 is 15.9 Å². The molecule has 0 radical (unpaired) electrons. The van der Waals surface area contributed by atoms with Crippen LogP contribution < -0.4 is 10.6 Å². The summed E-state index contributed by atoms with van der Waals surface area (Å²) in [7, 11) is 2.03. The summed E-state index contributed by atoms with van der Waals surface area (Å²) in [6.07, 6.45) is 1.80. The summed E-state index contributed by atoms with van der Waals surface area (Å²) < 4.78 is 0.971. The highest BCUT2D eigenvalue weighted by molar-refractivity contribution is 9.10. The van der Waals surface area contributed by atoms with Crippen molar-refractivity contribution in [2.75, 3.05) is 11.9 Å². The molecule has 14 heavy (non-hydrogen) atoms. The van der Waals surface area contributed by atoms with Gasteiger partial charge < -0.3 is 10.6 Å². The summed E-state index contributed by atoms with van der Waals surface area (Å²) in [4.78, 5) is 6.49. The molecule has 2 N–H and O–H groups in total. The van der Waals surface area contributed by atoms with Gasteiger partial charge in [0.15, 0.2) is 0 Å². The van der Waals surface area contributed by atoms with Gasteiger partial charge >= 0.3 is 0 Å². The molecule has 78 valence electrons. The first-order valence-electron chi connectivity index (χ1n) is 4.63. The molecule has 0 aliphatic rings. The lowest BCUT2D eigenvalue weighted by Gasteiger charge is -2.24. The van der Waals surface area contributed by atoms with E-state index >= 15 is 0 Å². The molecule has 0 atom stereocenters. The second kappa shape index (κ2) is 4.75. The van der Waals surface area contributed by atoms with Crippen LogP contribution in [0.15, 0.2) is 16.7 Å². The Morgan fingerprint density at radius 1 is 1.57 bits per heavy atom. The number of hydrogen-bond donors (Lipinski definition) is 1. The summed E-state index contributed by atoms with van der Waals surface area (Å²) in [5.74, 6) is 0.964. The van der Waals surface area contributed by atoms with Gasteiger partial charge in [0.25, 0.3) is 0 Å². The van der Waals surface area contributed by atoms with Crippen LogP contribution in [-0.4, -0.2) is 18.1 Å². The molecule has 0 aliphatic carbocycles. The number of nitrogens with zero attached hydrogens (tertiary/aromatic N) is 2. The Labute approximate surface area is 93.4 Å². The van der Waals surface area contributed by atoms with E-state index in [0.717, 1.165) is 15.9 Å². The van der Waals surface area contributed by atoms with Crippen molar-refractivity contribution in [3.05, 3.63) is 22.3 Å². The third-order valence-corrected chi connectivity index (χ3v) is 2.67. The summed E-state index contributed by atoms with van der Waals surface area (Å²) in [6, 6.07) is 2.44. The van der Waals surface area contributed by atoms with E-state index in [2.05, 4.69) is 39.7 Å². The summed E-state index contributed by atoms with van der Waals surface area (Å²) in [5, 5.41) is 0. The van der Waals surface area contributed by atoms with Crippen LogP contribution in [0.5, 0.6) is 0 Å². The van der Waals surface area contributed by atoms with Crippen molar-refractivity contribution in [1.29, 1.82) is 0 Å². The minimum Gasteiger partial charge on any atom is -0.357 e. The van der Waals surface area contributed by atoms with Crippen molar-refractivity contribution < 1.29 is 0 Å². The predicted octanol–water partition coefficient (Wildman–Crippen LogP) is 2.15. The fraction of sp³-hybridized carbons (Fsp3) is 0.500. The first-order chi connectivity index (χ1) is 6.56. The third kappa shape index (κ3) is 2.45. The molecule has 0 fully saturated rings. The first-order valence-corrected chi connectivity index (χ1v) is 5.43. The number of halogens is 1. The molecule has 0 spiro atoms. The van der Waals surface area contributed by atoms with E-state index in [9.17, 15) is 0 Å². The van der Waals surface area contributed by atoms with E-state index in [1.54, 1.807) is 6.20 Å². The zero-order chi connectivity index (χ0) is 10.7. The fourth-order valence-electron chi connectivity index (χ4n) is 1.19. The number of rotatable bonds is 3. The zero-order valence-electron chi connectivity index (χ0n) is 8.79. The molecule has 0 unspecified atom stereocenters. The molecular formula is C10H16BrN3. The van der Waals surface area contributed by atoms with Crippen LogP contribution in [0.4, 0.5) is 5.82 Å². The van der Waals surface area contributed by atoms with Crippen LogP contribution in [-0.2, 0) is 6.54 Å². The van der Waals surface area contributed by atoms with Gasteiger partial charge in [0.1, 0.15) is 5.82 Å². The lowest BCUT2D eigenvalue weighted by atomic mass is 10.2. The van der Waals surface area contributed by atoms with Gasteiger partial charge in [-0.15, -0.1) is 0 Å². The Kier molecular flexibility index (Phi) is 3.89. The molecule has 4 heteroatoms. The molecule has 3 nitrogen and oxygen atoms in total. The highest BCUT2D eigenvalue weighted by Gasteiger charge is 2.10. The SMILES string of the molecule is CC(C)N(C)c1ncc(Br)cc1CN. The lowest BCUT2D eigenvalue weighted by Crippen LogP contribution is -2.28. The molecule has 1 aromatic rings. The molecular weight excluding hydrogens is 242 g/mol. The molecule has 1 heterocycles. The van der Waals surface area contributed by atoms with Crippen molar-refractivity contribution in [2.24, 2.45) is 5.73 Å². The van der Waals surface area contributed by atoms with Crippen molar-refractivity contribution >= 4 is 21.7 Å². The van der Waals surface area contributed by atoms with Gasteiger partial charge in [0.2, 0.25) is 0 Å². The molecule has 0 aliphatic heterocycles. The fourth-order valence-corrected chi connectivity index (χ4v) is 1.57. The van der Waals surface area contributed by atoms with Gasteiger partial charge in [-0.2, -0.15) is 0 Å². The monoisotopic (exact) mass is 257 g/mol. The summed E-state index contributed by atoms with van der Waals surface area (Å²) in [6.45, 7) is 4.77. The predicted molar refractivity (Wildman–Crippen MR) is 63.4 cm³/mol. The second-order valence-electron chi connectivity index (χ2n) is 3.55. The van der Waals surface area contributed by atoms with E-state index in [0.29, 0.717) is 12.6 Å². The van der Waals surface area contributed by atoms with Gasteiger partial charge in [-0.3, -0.25) is 0 Å². The average molecular weight is 258 g/mol. The highest BCUT2D eigenvalue weighted by atomic mass is 79.9. The van der Waals surface area contributed by atoms with Gasteiger partial charge in [-0.05, 0) is 35.8 Å². The van der Waals surface area contributed by atoms with Crippen LogP contribution in [0.25, 0.3) is 0 Å². The van der Waals surface area contributed by atoms with Crippen LogP contribution in [0.1, 0.15) is 19.4 Å². The number of anilines is 1. The lowest BCUT2D eigenvalue weighted by molar-refractivity contribution is 0.736. The van der Waals surface area contributed by atoms with Crippen molar-refractivity contribution in [3.63, 3.8) is 0 Å². The maximum atomic E-state index is 5.67. The molecule has 1 aromatic heterocycles. The van der Waals surface area contributed by atoms with Gasteiger partial charge in [0, 0.05) is 35.9 Å². The van der Waals surface area contributed by atoms with E-state index in [4.69, 9.17) is 5.73 Å². The van der Waals surface area contributed by atoms with Crippen molar-refractivity contribution in [1.82, 2.24) is 4.98 Å². The summed E-state index contributed by atoms with van der Waals surface area (Å²) >= 11 is 3.39. The Balaban J connectivity index is 3.07. The molecule has 0 aromatic carbocycles. The Morgan fingerprint density at radius 3 is 2.71 bits per heavy atom. The third-order valence-electron chi connectivity index (χ3n) is 2.24. The quantitative estimate of drug-likeness (QED) is 0.903. The van der Waals surface area contributed by atoms with Gasteiger partial charge in [-0.25, -0.2) is 4.98 Å². The Bertz CT molecular complexity index is 312. The number of hydrogen-bond acceptors (Lipinski definition) is 3. The van der Waals surface area contributed by atoms with Gasteiger partial charge in [0.05, 0.1) is 0 Å². The second-order valence-corrected chi connectivity index (χ2v) is 4.46. The number of nitrogens with two attached hydrogens (primary N) is 1. The molecule has 0 bridgehead atoms. The maximum Gasteiger partial charge on any atom is 0.133 e. The van der Waals surface area contributed by atoms with Crippen molar-refractivity contribution in [3.8, 4) is 0 Å². The zero-order valence-corrected chi connectivity index (χ0v) is 10.4. The standard InChI is InChI=1S/C10H16BrN3/c1-7(2)14(3)10-8(5-12)4-9(11)6-13-10/h4,6-7H,5,12H2,1-3H3. The molecule has 0 saturated carbocycles. The highest BCUT2D eigenvalue weighted by Crippen LogP contribution is 2.21. The van der Waals surface area contributed by atoms with Crippen molar-refractivity contribution in [2.45, 2.75) is 26.4 Å².